The first-order valence-electron chi connectivity index (χ1n) is 7.24. The lowest BCUT2D eigenvalue weighted by atomic mass is 10.2. The number of rotatable bonds is 5. The molecule has 0 spiro atoms. The summed E-state index contributed by atoms with van der Waals surface area (Å²) in [5, 5.41) is 0.523. The minimum absolute atomic E-state index is 0.120. The van der Waals surface area contributed by atoms with Crippen LogP contribution < -0.4 is 16.0 Å². The van der Waals surface area contributed by atoms with E-state index in [1.54, 1.807) is 30.3 Å². The molecular formula is C17H16FN3O2. The van der Waals surface area contributed by atoms with E-state index in [4.69, 9.17) is 10.5 Å². The summed E-state index contributed by atoms with van der Waals surface area (Å²) < 4.78 is 20.0. The summed E-state index contributed by atoms with van der Waals surface area (Å²) in [4.78, 5) is 16.5. The van der Waals surface area contributed by atoms with E-state index in [9.17, 15) is 9.18 Å². The van der Waals surface area contributed by atoms with E-state index in [0.29, 0.717) is 36.3 Å². The van der Waals surface area contributed by atoms with Crippen LogP contribution >= 0.6 is 0 Å². The van der Waals surface area contributed by atoms with Gasteiger partial charge in [0.15, 0.2) is 0 Å². The molecule has 3 rings (SSSR count). The van der Waals surface area contributed by atoms with Crippen LogP contribution in [0.4, 0.5) is 4.39 Å². The molecule has 0 fully saturated rings. The van der Waals surface area contributed by atoms with Crippen LogP contribution in [-0.2, 0) is 13.2 Å². The summed E-state index contributed by atoms with van der Waals surface area (Å²) in [6, 6.07) is 11.2. The average Bonchev–Trinajstić information content (AvgIpc) is 2.57. The Kier molecular flexibility index (Phi) is 4.34. The van der Waals surface area contributed by atoms with Crippen molar-refractivity contribution in [3.05, 3.63) is 70.5 Å². The molecule has 0 aliphatic rings. The van der Waals surface area contributed by atoms with Gasteiger partial charge in [0.2, 0.25) is 0 Å². The number of ether oxygens (including phenoxy) is 1. The van der Waals surface area contributed by atoms with Crippen molar-refractivity contribution in [3.63, 3.8) is 0 Å². The van der Waals surface area contributed by atoms with Gasteiger partial charge in [-0.15, -0.1) is 0 Å². The van der Waals surface area contributed by atoms with Crippen molar-refractivity contribution in [1.82, 2.24) is 9.55 Å². The topological polar surface area (TPSA) is 70.1 Å². The predicted octanol–water partition coefficient (Wildman–Crippen LogP) is 2.07. The number of aromatic nitrogens is 2. The van der Waals surface area contributed by atoms with Crippen molar-refractivity contribution in [1.29, 1.82) is 0 Å². The summed E-state index contributed by atoms with van der Waals surface area (Å²) in [6.45, 7) is 1.13. The highest BCUT2D eigenvalue weighted by Gasteiger charge is 2.05. The van der Waals surface area contributed by atoms with Gasteiger partial charge in [0, 0.05) is 19.2 Å². The zero-order valence-electron chi connectivity index (χ0n) is 12.4. The molecule has 2 aromatic carbocycles. The fourth-order valence-electron chi connectivity index (χ4n) is 2.27. The van der Waals surface area contributed by atoms with Crippen molar-refractivity contribution >= 4 is 10.9 Å². The number of hydrogen-bond acceptors (Lipinski definition) is 4. The van der Waals surface area contributed by atoms with E-state index in [2.05, 4.69) is 4.98 Å². The molecule has 23 heavy (non-hydrogen) atoms. The molecule has 0 amide bonds. The third kappa shape index (κ3) is 3.37. The second-order valence-electron chi connectivity index (χ2n) is 5.13. The Hall–Kier alpha value is -2.73. The molecule has 3 aromatic rings. The number of nitrogens with zero attached hydrogens (tertiary/aromatic N) is 2. The van der Waals surface area contributed by atoms with Gasteiger partial charge in [0.25, 0.3) is 5.56 Å². The molecular weight excluding hydrogens is 297 g/mol. The smallest absolute Gasteiger partial charge is 0.261 e. The van der Waals surface area contributed by atoms with Crippen molar-refractivity contribution in [2.24, 2.45) is 5.73 Å². The minimum Gasteiger partial charge on any atom is -0.489 e. The van der Waals surface area contributed by atoms with Crippen LogP contribution in [0.2, 0.25) is 0 Å². The summed E-state index contributed by atoms with van der Waals surface area (Å²) in [5.74, 6) is 0.322. The van der Waals surface area contributed by atoms with Gasteiger partial charge in [-0.1, -0.05) is 12.1 Å². The van der Waals surface area contributed by atoms with Crippen LogP contribution in [0.3, 0.4) is 0 Å². The molecule has 0 saturated carbocycles. The maximum absolute atomic E-state index is 12.9. The third-order valence-corrected chi connectivity index (χ3v) is 3.49. The molecule has 0 atom stereocenters. The predicted molar refractivity (Wildman–Crippen MR) is 85.8 cm³/mol. The Balaban J connectivity index is 1.81. The van der Waals surface area contributed by atoms with E-state index in [-0.39, 0.29) is 11.4 Å². The first-order chi connectivity index (χ1) is 11.2. The Morgan fingerprint density at radius 2 is 1.96 bits per heavy atom. The van der Waals surface area contributed by atoms with Crippen LogP contribution in [0.15, 0.2) is 53.6 Å². The molecule has 2 N–H and O–H groups in total. The van der Waals surface area contributed by atoms with Crippen molar-refractivity contribution in [2.45, 2.75) is 13.2 Å². The lowest BCUT2D eigenvalue weighted by molar-refractivity contribution is 0.306. The van der Waals surface area contributed by atoms with Crippen molar-refractivity contribution < 1.29 is 9.13 Å². The summed E-state index contributed by atoms with van der Waals surface area (Å²) in [5.41, 5.74) is 6.78. The highest BCUT2D eigenvalue weighted by Crippen LogP contribution is 2.18. The van der Waals surface area contributed by atoms with Gasteiger partial charge in [-0.2, -0.15) is 0 Å². The lowest BCUT2D eigenvalue weighted by Gasteiger charge is -2.08. The molecule has 1 aromatic heterocycles. The van der Waals surface area contributed by atoms with Crippen LogP contribution in [0.5, 0.6) is 5.75 Å². The van der Waals surface area contributed by atoms with Crippen molar-refractivity contribution in [3.8, 4) is 5.75 Å². The molecule has 6 heteroatoms. The molecule has 1 heterocycles. The van der Waals surface area contributed by atoms with E-state index in [1.807, 2.05) is 0 Å². The van der Waals surface area contributed by atoms with Crippen LogP contribution in [0.25, 0.3) is 10.9 Å². The van der Waals surface area contributed by atoms with Gasteiger partial charge in [-0.25, -0.2) is 9.37 Å². The normalized spacial score (nSPS) is 10.9. The van der Waals surface area contributed by atoms with Gasteiger partial charge >= 0.3 is 0 Å². The second kappa shape index (κ2) is 6.58. The summed E-state index contributed by atoms with van der Waals surface area (Å²) >= 11 is 0. The quantitative estimate of drug-likeness (QED) is 0.783. The van der Waals surface area contributed by atoms with E-state index >= 15 is 0 Å². The average molecular weight is 313 g/mol. The standard InChI is InChI=1S/C17H16FN3O2/c18-13-3-1-12(2-4-13)10-23-14-5-6-15-16(9-14)20-11-21(8-7-19)17(15)22/h1-6,9,11H,7-8,10,19H2. The fraction of sp³-hybridized carbons (Fsp3) is 0.176. The van der Waals surface area contributed by atoms with E-state index in [1.165, 1.54) is 23.0 Å². The minimum atomic E-state index is -0.280. The van der Waals surface area contributed by atoms with Gasteiger partial charge in [0.1, 0.15) is 18.2 Å². The van der Waals surface area contributed by atoms with E-state index in [0.717, 1.165) is 5.56 Å². The first-order valence-corrected chi connectivity index (χ1v) is 7.24. The first kappa shape index (κ1) is 15.2. The van der Waals surface area contributed by atoms with Crippen LogP contribution in [0.1, 0.15) is 5.56 Å². The molecule has 0 aliphatic carbocycles. The van der Waals surface area contributed by atoms with Gasteiger partial charge in [-0.05, 0) is 29.8 Å². The molecule has 0 radical (unpaired) electrons. The Labute approximate surface area is 132 Å². The van der Waals surface area contributed by atoms with E-state index < -0.39 is 0 Å². The third-order valence-electron chi connectivity index (χ3n) is 3.49. The Bertz CT molecular complexity index is 875. The molecule has 5 nitrogen and oxygen atoms in total. The largest absolute Gasteiger partial charge is 0.489 e. The number of benzene rings is 2. The highest BCUT2D eigenvalue weighted by atomic mass is 19.1. The second-order valence-corrected chi connectivity index (χ2v) is 5.13. The number of hydrogen-bond donors (Lipinski definition) is 1. The maximum atomic E-state index is 12.9. The monoisotopic (exact) mass is 313 g/mol. The molecule has 0 unspecified atom stereocenters. The Morgan fingerprint density at radius 1 is 1.17 bits per heavy atom. The van der Waals surface area contributed by atoms with Crippen molar-refractivity contribution in [2.75, 3.05) is 6.54 Å². The fourth-order valence-corrected chi connectivity index (χ4v) is 2.27. The molecule has 0 aliphatic heterocycles. The maximum Gasteiger partial charge on any atom is 0.261 e. The SMILES string of the molecule is NCCn1cnc2cc(OCc3ccc(F)cc3)ccc2c1=O. The lowest BCUT2D eigenvalue weighted by Crippen LogP contribution is -2.24. The van der Waals surface area contributed by atoms with Gasteiger partial charge in [-0.3, -0.25) is 9.36 Å². The number of nitrogens with two attached hydrogens (primary N) is 1. The summed E-state index contributed by atoms with van der Waals surface area (Å²) in [6.07, 6.45) is 1.49. The Morgan fingerprint density at radius 3 is 2.70 bits per heavy atom. The highest BCUT2D eigenvalue weighted by molar-refractivity contribution is 5.78. The number of halogens is 1. The zero-order valence-corrected chi connectivity index (χ0v) is 12.4. The van der Waals surface area contributed by atoms with Gasteiger partial charge < -0.3 is 10.5 Å². The van der Waals surface area contributed by atoms with Gasteiger partial charge in [0.05, 0.1) is 17.2 Å². The number of fused-ring (bicyclic) bond motifs is 1. The molecule has 0 saturated heterocycles. The molecule has 0 bridgehead atoms. The van der Waals surface area contributed by atoms with Crippen LogP contribution in [-0.4, -0.2) is 16.1 Å². The zero-order chi connectivity index (χ0) is 16.2. The summed E-state index contributed by atoms with van der Waals surface area (Å²) in [7, 11) is 0. The molecule has 118 valence electrons. The van der Waals surface area contributed by atoms with Crippen LogP contribution in [0, 0.1) is 5.82 Å².